The Kier molecular flexibility index (Phi) is 5.99. The number of rotatable bonds is 3. The van der Waals surface area contributed by atoms with Gasteiger partial charge in [0.15, 0.2) is 11.5 Å². The molecule has 9 heteroatoms. The standard InChI is InChI=1S/C24H27F3N4O2/c1-12-5-6-13(2)33-22-11-20-19(10-21(22)32-12)23(31-15(4)30-20)29-14(3)16-7-17(24(25,26)27)9-18(28)8-16/h7-14H,5-6,28H2,1-4H3,(H,29,30,31)/t12-,13+,14+/m0/s1. The summed E-state index contributed by atoms with van der Waals surface area (Å²) in [5.74, 6) is 2.22. The average molecular weight is 461 g/mol. The van der Waals surface area contributed by atoms with Crippen molar-refractivity contribution in [2.75, 3.05) is 11.1 Å². The number of fused-ring (bicyclic) bond motifs is 2. The minimum atomic E-state index is -4.48. The van der Waals surface area contributed by atoms with E-state index in [2.05, 4.69) is 15.3 Å². The molecule has 0 spiro atoms. The number of hydrogen-bond acceptors (Lipinski definition) is 6. The van der Waals surface area contributed by atoms with Gasteiger partial charge in [-0.3, -0.25) is 0 Å². The predicted molar refractivity (Wildman–Crippen MR) is 122 cm³/mol. The smallest absolute Gasteiger partial charge is 0.416 e. The minimum absolute atomic E-state index is 0.0160. The van der Waals surface area contributed by atoms with Gasteiger partial charge in [-0.15, -0.1) is 0 Å². The van der Waals surface area contributed by atoms with Crippen molar-refractivity contribution < 1.29 is 22.6 Å². The monoisotopic (exact) mass is 460 g/mol. The van der Waals surface area contributed by atoms with Crippen molar-refractivity contribution in [1.82, 2.24) is 9.97 Å². The SMILES string of the molecule is Cc1nc(N[C@H](C)c2cc(N)cc(C(F)(F)F)c2)c2cc3c(cc2n1)O[C@H](C)CC[C@H](C)O3. The van der Waals surface area contributed by atoms with Crippen molar-refractivity contribution in [2.45, 2.75) is 65.0 Å². The number of alkyl halides is 3. The van der Waals surface area contributed by atoms with Crippen LogP contribution in [0.25, 0.3) is 10.9 Å². The Labute approximate surface area is 190 Å². The molecule has 1 aliphatic rings. The number of halogens is 3. The number of nitrogens with two attached hydrogens (primary N) is 1. The molecule has 0 saturated carbocycles. The summed E-state index contributed by atoms with van der Waals surface area (Å²) in [7, 11) is 0. The average Bonchev–Trinajstić information content (AvgIpc) is 2.71. The summed E-state index contributed by atoms with van der Waals surface area (Å²) in [6, 6.07) is 6.71. The maximum atomic E-state index is 13.3. The van der Waals surface area contributed by atoms with Gasteiger partial charge < -0.3 is 20.5 Å². The van der Waals surface area contributed by atoms with Crippen LogP contribution in [-0.2, 0) is 6.18 Å². The van der Waals surface area contributed by atoms with E-state index in [0.29, 0.717) is 39.6 Å². The molecule has 0 unspecified atom stereocenters. The molecule has 1 aromatic heterocycles. The Hall–Kier alpha value is -3.23. The number of aryl methyl sites for hydroxylation is 1. The minimum Gasteiger partial charge on any atom is -0.487 e. The molecule has 2 heterocycles. The van der Waals surface area contributed by atoms with Crippen molar-refractivity contribution in [3.8, 4) is 11.5 Å². The van der Waals surface area contributed by atoms with Crippen LogP contribution in [0.2, 0.25) is 0 Å². The van der Waals surface area contributed by atoms with Crippen LogP contribution in [-0.4, -0.2) is 22.2 Å². The summed E-state index contributed by atoms with van der Waals surface area (Å²) in [4.78, 5) is 9.04. The van der Waals surface area contributed by atoms with Gasteiger partial charge in [-0.05, 0) is 70.4 Å². The molecule has 3 N–H and O–H groups in total. The third-order valence-electron chi connectivity index (χ3n) is 5.67. The van der Waals surface area contributed by atoms with Crippen LogP contribution < -0.4 is 20.5 Å². The number of hydrogen-bond donors (Lipinski definition) is 2. The van der Waals surface area contributed by atoms with Gasteiger partial charge in [-0.2, -0.15) is 13.2 Å². The zero-order valence-corrected chi connectivity index (χ0v) is 19.0. The van der Waals surface area contributed by atoms with Gasteiger partial charge in [-0.1, -0.05) is 0 Å². The van der Waals surface area contributed by atoms with Crippen LogP contribution in [0.3, 0.4) is 0 Å². The molecule has 4 rings (SSSR count). The van der Waals surface area contributed by atoms with E-state index in [1.807, 2.05) is 26.0 Å². The molecular formula is C24H27F3N4O2. The fourth-order valence-corrected chi connectivity index (χ4v) is 3.95. The summed E-state index contributed by atoms with van der Waals surface area (Å²) in [6.07, 6.45) is -2.68. The highest BCUT2D eigenvalue weighted by atomic mass is 19.4. The second-order valence-electron chi connectivity index (χ2n) is 8.62. The normalized spacial score (nSPS) is 19.6. The first-order chi connectivity index (χ1) is 15.5. The number of benzene rings is 2. The molecule has 0 bridgehead atoms. The first kappa shape index (κ1) is 22.9. The van der Waals surface area contributed by atoms with E-state index < -0.39 is 17.8 Å². The lowest BCUT2D eigenvalue weighted by molar-refractivity contribution is -0.137. The molecule has 0 saturated heterocycles. The van der Waals surface area contributed by atoms with Gasteiger partial charge in [0.05, 0.1) is 29.3 Å². The lowest BCUT2D eigenvalue weighted by Crippen LogP contribution is -2.22. The summed E-state index contributed by atoms with van der Waals surface area (Å²) in [5, 5.41) is 3.92. The highest BCUT2D eigenvalue weighted by Crippen LogP contribution is 2.39. The highest BCUT2D eigenvalue weighted by Gasteiger charge is 2.31. The fourth-order valence-electron chi connectivity index (χ4n) is 3.95. The second-order valence-corrected chi connectivity index (χ2v) is 8.62. The van der Waals surface area contributed by atoms with Gasteiger partial charge >= 0.3 is 6.18 Å². The molecule has 176 valence electrons. The Balaban J connectivity index is 1.74. The lowest BCUT2D eigenvalue weighted by atomic mass is 10.0. The van der Waals surface area contributed by atoms with Crippen molar-refractivity contribution in [1.29, 1.82) is 0 Å². The molecule has 2 aromatic carbocycles. The zero-order chi connectivity index (χ0) is 23.9. The first-order valence-electron chi connectivity index (χ1n) is 10.9. The van der Waals surface area contributed by atoms with E-state index in [1.54, 1.807) is 13.8 Å². The molecule has 0 fully saturated rings. The Bertz CT molecular complexity index is 1180. The number of anilines is 2. The van der Waals surface area contributed by atoms with E-state index in [-0.39, 0.29) is 17.9 Å². The highest BCUT2D eigenvalue weighted by molar-refractivity contribution is 5.92. The van der Waals surface area contributed by atoms with E-state index in [1.165, 1.54) is 6.07 Å². The maximum absolute atomic E-state index is 13.3. The van der Waals surface area contributed by atoms with Gasteiger partial charge in [-0.25, -0.2) is 9.97 Å². The summed E-state index contributed by atoms with van der Waals surface area (Å²) in [5.41, 5.74) is 6.07. The number of aromatic nitrogens is 2. The fraction of sp³-hybridized carbons (Fsp3) is 0.417. The molecule has 0 amide bonds. The Morgan fingerprint density at radius 2 is 1.64 bits per heavy atom. The summed E-state index contributed by atoms with van der Waals surface area (Å²) >= 11 is 0. The van der Waals surface area contributed by atoms with Gasteiger partial charge in [0, 0.05) is 17.1 Å². The van der Waals surface area contributed by atoms with Gasteiger partial charge in [0.25, 0.3) is 0 Å². The third-order valence-corrected chi connectivity index (χ3v) is 5.67. The van der Waals surface area contributed by atoms with Crippen molar-refractivity contribution in [2.24, 2.45) is 0 Å². The predicted octanol–water partition coefficient (Wildman–Crippen LogP) is 6.04. The Morgan fingerprint density at radius 1 is 1.00 bits per heavy atom. The van der Waals surface area contributed by atoms with Crippen LogP contribution in [0.15, 0.2) is 30.3 Å². The quantitative estimate of drug-likeness (QED) is 0.464. The largest absolute Gasteiger partial charge is 0.487 e. The van der Waals surface area contributed by atoms with Crippen molar-refractivity contribution >= 4 is 22.4 Å². The zero-order valence-electron chi connectivity index (χ0n) is 19.0. The molecule has 1 aliphatic heterocycles. The Morgan fingerprint density at radius 3 is 2.27 bits per heavy atom. The molecule has 33 heavy (non-hydrogen) atoms. The van der Waals surface area contributed by atoms with Crippen LogP contribution in [0.5, 0.6) is 11.5 Å². The van der Waals surface area contributed by atoms with E-state index in [9.17, 15) is 13.2 Å². The number of nitrogen functional groups attached to an aromatic ring is 1. The van der Waals surface area contributed by atoms with E-state index >= 15 is 0 Å². The second kappa shape index (κ2) is 8.61. The molecule has 6 nitrogen and oxygen atoms in total. The van der Waals surface area contributed by atoms with Crippen molar-refractivity contribution in [3.05, 3.63) is 47.3 Å². The van der Waals surface area contributed by atoms with Crippen LogP contribution in [0, 0.1) is 6.92 Å². The molecule has 0 aliphatic carbocycles. The number of nitrogens with one attached hydrogen (secondary N) is 1. The van der Waals surface area contributed by atoms with Crippen molar-refractivity contribution in [3.63, 3.8) is 0 Å². The first-order valence-corrected chi connectivity index (χ1v) is 10.9. The van der Waals surface area contributed by atoms with Crippen LogP contribution in [0.1, 0.15) is 56.6 Å². The van der Waals surface area contributed by atoms with Gasteiger partial charge in [0.2, 0.25) is 0 Å². The topological polar surface area (TPSA) is 82.3 Å². The molecule has 3 aromatic rings. The molecule has 3 atom stereocenters. The third kappa shape index (κ3) is 5.07. The molecule has 0 radical (unpaired) electrons. The number of nitrogens with zero attached hydrogens (tertiary/aromatic N) is 2. The van der Waals surface area contributed by atoms with E-state index in [0.717, 1.165) is 25.0 Å². The van der Waals surface area contributed by atoms with Crippen LogP contribution >= 0.6 is 0 Å². The van der Waals surface area contributed by atoms with Gasteiger partial charge in [0.1, 0.15) is 11.6 Å². The lowest BCUT2D eigenvalue weighted by Gasteiger charge is -2.26. The summed E-state index contributed by atoms with van der Waals surface area (Å²) in [6.45, 7) is 7.55. The number of ether oxygens (including phenoxy) is 2. The molecular weight excluding hydrogens is 433 g/mol. The maximum Gasteiger partial charge on any atom is 0.416 e. The van der Waals surface area contributed by atoms with Crippen LogP contribution in [0.4, 0.5) is 24.7 Å². The van der Waals surface area contributed by atoms with E-state index in [4.69, 9.17) is 15.2 Å². The summed E-state index contributed by atoms with van der Waals surface area (Å²) < 4.78 is 51.9.